The molecule has 0 amide bonds. The molecular weight excluding hydrogens is 386 g/mol. The number of hydrogen-bond acceptors (Lipinski definition) is 5. The molecule has 1 aromatic rings. The minimum absolute atomic E-state index is 0.0924. The number of ether oxygens (including phenoxy) is 1. The van der Waals surface area contributed by atoms with Crippen LogP contribution >= 0.6 is 26.6 Å². The lowest BCUT2D eigenvalue weighted by molar-refractivity contribution is -0.385. The maximum atomic E-state index is 11.1. The predicted octanol–water partition coefficient (Wildman–Crippen LogP) is 3.72. The summed E-state index contributed by atoms with van der Waals surface area (Å²) in [5.74, 6) is -0.143. The van der Waals surface area contributed by atoms with Gasteiger partial charge >= 0.3 is 0 Å². The first-order valence-electron chi connectivity index (χ1n) is 6.22. The van der Waals surface area contributed by atoms with E-state index >= 15 is 0 Å². The van der Waals surface area contributed by atoms with Gasteiger partial charge in [0.1, 0.15) is 5.75 Å². The first-order chi connectivity index (χ1) is 9.73. The number of benzene rings is 1. The van der Waals surface area contributed by atoms with Crippen LogP contribution in [-0.2, 0) is 9.05 Å². The molecule has 0 aliphatic carbocycles. The zero-order valence-electron chi connectivity index (χ0n) is 11.3. The monoisotopic (exact) mass is 399 g/mol. The van der Waals surface area contributed by atoms with Crippen molar-refractivity contribution >= 4 is 41.4 Å². The largest absolute Gasteiger partial charge is 0.492 e. The summed E-state index contributed by atoms with van der Waals surface area (Å²) in [7, 11) is 1.65. The predicted molar refractivity (Wildman–Crippen MR) is 84.3 cm³/mol. The van der Waals surface area contributed by atoms with Crippen LogP contribution in [0.1, 0.15) is 19.8 Å². The van der Waals surface area contributed by atoms with Gasteiger partial charge in [0.05, 0.1) is 27.8 Å². The number of nitro groups is 1. The smallest absolute Gasteiger partial charge is 0.273 e. The molecule has 0 saturated heterocycles. The van der Waals surface area contributed by atoms with Crippen molar-refractivity contribution in [3.8, 4) is 5.75 Å². The topological polar surface area (TPSA) is 86.5 Å². The van der Waals surface area contributed by atoms with Gasteiger partial charge in [-0.1, -0.05) is 13.3 Å². The van der Waals surface area contributed by atoms with Gasteiger partial charge in [-0.05, 0) is 28.4 Å². The third-order valence-corrected chi connectivity index (χ3v) is 4.63. The minimum Gasteiger partial charge on any atom is -0.492 e. The SMILES string of the molecule is CCCC(COc1cc([N+](=O)[O-])ccc1Br)CS(=O)(=O)Cl. The Morgan fingerprint density at radius 1 is 1.48 bits per heavy atom. The average molecular weight is 401 g/mol. The lowest BCUT2D eigenvalue weighted by atomic mass is 10.1. The number of hydrogen-bond donors (Lipinski definition) is 0. The first kappa shape index (κ1) is 18.2. The van der Waals surface area contributed by atoms with Crippen molar-refractivity contribution in [2.75, 3.05) is 12.4 Å². The van der Waals surface area contributed by atoms with E-state index < -0.39 is 14.0 Å². The van der Waals surface area contributed by atoms with Gasteiger partial charge < -0.3 is 4.74 Å². The van der Waals surface area contributed by atoms with Gasteiger partial charge in [0.2, 0.25) is 9.05 Å². The van der Waals surface area contributed by atoms with Gasteiger partial charge in [0.15, 0.2) is 0 Å². The zero-order chi connectivity index (χ0) is 16.0. The molecule has 0 radical (unpaired) electrons. The summed E-state index contributed by atoms with van der Waals surface area (Å²) >= 11 is 3.24. The molecule has 1 unspecified atom stereocenters. The van der Waals surface area contributed by atoms with E-state index in [1.807, 2.05) is 6.92 Å². The van der Waals surface area contributed by atoms with Crippen LogP contribution in [0.5, 0.6) is 5.75 Å². The maximum absolute atomic E-state index is 11.1. The van der Waals surface area contributed by atoms with Gasteiger partial charge in [0.25, 0.3) is 5.69 Å². The standard InChI is InChI=1S/C12H15BrClNO5S/c1-2-3-9(8-21(14,18)19)7-20-12-6-10(15(16)17)4-5-11(12)13/h4-6,9H,2-3,7-8H2,1H3. The Balaban J connectivity index is 2.79. The van der Waals surface area contributed by atoms with E-state index in [1.165, 1.54) is 18.2 Å². The molecule has 9 heteroatoms. The fraction of sp³-hybridized carbons (Fsp3) is 0.500. The molecule has 0 fully saturated rings. The molecule has 0 heterocycles. The summed E-state index contributed by atoms with van der Waals surface area (Å²) in [5, 5.41) is 10.7. The third kappa shape index (κ3) is 6.62. The van der Waals surface area contributed by atoms with E-state index in [1.54, 1.807) is 0 Å². The highest BCUT2D eigenvalue weighted by Crippen LogP contribution is 2.30. The molecule has 0 aliphatic heterocycles. The molecule has 0 saturated carbocycles. The second-order valence-electron chi connectivity index (χ2n) is 4.54. The van der Waals surface area contributed by atoms with E-state index in [0.29, 0.717) is 16.6 Å². The molecule has 0 N–H and O–H groups in total. The van der Waals surface area contributed by atoms with Gasteiger partial charge in [-0.3, -0.25) is 10.1 Å². The Morgan fingerprint density at radius 3 is 2.67 bits per heavy atom. The summed E-state index contributed by atoms with van der Waals surface area (Å²) in [6, 6.07) is 4.16. The molecule has 1 rings (SSSR count). The Hall–Kier alpha value is -0.860. The zero-order valence-corrected chi connectivity index (χ0v) is 14.4. The van der Waals surface area contributed by atoms with Crippen LogP contribution < -0.4 is 4.74 Å². The van der Waals surface area contributed by atoms with Crippen LogP contribution in [-0.4, -0.2) is 25.7 Å². The second-order valence-corrected chi connectivity index (χ2v) is 8.22. The average Bonchev–Trinajstić information content (AvgIpc) is 2.35. The van der Waals surface area contributed by atoms with Crippen LogP contribution in [0.25, 0.3) is 0 Å². The summed E-state index contributed by atoms with van der Waals surface area (Å²) < 4.78 is 28.4. The van der Waals surface area contributed by atoms with Gasteiger partial charge in [-0.2, -0.15) is 0 Å². The number of nitro benzene ring substituents is 1. The maximum Gasteiger partial charge on any atom is 0.273 e. The number of nitrogens with zero attached hydrogens (tertiary/aromatic N) is 1. The summed E-state index contributed by atoms with van der Waals surface area (Å²) in [6.45, 7) is 2.05. The first-order valence-corrected chi connectivity index (χ1v) is 9.49. The van der Waals surface area contributed by atoms with Crippen molar-refractivity contribution in [3.63, 3.8) is 0 Å². The van der Waals surface area contributed by atoms with Gasteiger partial charge in [0, 0.05) is 22.7 Å². The Morgan fingerprint density at radius 2 is 2.14 bits per heavy atom. The van der Waals surface area contributed by atoms with E-state index in [-0.39, 0.29) is 24.0 Å². The Kier molecular flexibility index (Phi) is 6.89. The van der Waals surface area contributed by atoms with E-state index in [4.69, 9.17) is 15.4 Å². The van der Waals surface area contributed by atoms with E-state index in [0.717, 1.165) is 6.42 Å². The van der Waals surface area contributed by atoms with Crippen LogP contribution in [0.2, 0.25) is 0 Å². The molecule has 1 aromatic carbocycles. The summed E-state index contributed by atoms with van der Waals surface area (Å²) in [4.78, 5) is 10.2. The van der Waals surface area contributed by atoms with Crippen LogP contribution in [0, 0.1) is 16.0 Å². The molecule has 6 nitrogen and oxygen atoms in total. The minimum atomic E-state index is -3.61. The fourth-order valence-electron chi connectivity index (χ4n) is 1.83. The molecule has 1 atom stereocenters. The number of non-ortho nitro benzene ring substituents is 1. The molecule has 118 valence electrons. The molecule has 21 heavy (non-hydrogen) atoms. The van der Waals surface area contributed by atoms with Crippen molar-refractivity contribution in [2.45, 2.75) is 19.8 Å². The molecule has 0 bridgehead atoms. The Bertz CT molecular complexity index is 608. The lowest BCUT2D eigenvalue weighted by Gasteiger charge is -2.16. The molecular formula is C12H15BrClNO5S. The highest BCUT2D eigenvalue weighted by atomic mass is 79.9. The van der Waals surface area contributed by atoms with Crippen molar-refractivity contribution in [1.29, 1.82) is 0 Å². The highest BCUT2D eigenvalue weighted by molar-refractivity contribution is 9.10. The van der Waals surface area contributed by atoms with Crippen LogP contribution in [0.15, 0.2) is 22.7 Å². The van der Waals surface area contributed by atoms with Crippen molar-refractivity contribution in [1.82, 2.24) is 0 Å². The Labute approximate surface area is 136 Å². The highest BCUT2D eigenvalue weighted by Gasteiger charge is 2.18. The summed E-state index contributed by atoms with van der Waals surface area (Å²) in [6.07, 6.45) is 1.43. The third-order valence-electron chi connectivity index (χ3n) is 2.73. The second kappa shape index (κ2) is 7.95. The van der Waals surface area contributed by atoms with Crippen LogP contribution in [0.4, 0.5) is 5.69 Å². The van der Waals surface area contributed by atoms with Crippen molar-refractivity contribution in [2.24, 2.45) is 5.92 Å². The van der Waals surface area contributed by atoms with Gasteiger partial charge in [-0.25, -0.2) is 8.42 Å². The van der Waals surface area contributed by atoms with Crippen molar-refractivity contribution in [3.05, 3.63) is 32.8 Å². The fourth-order valence-corrected chi connectivity index (χ4v) is 3.55. The van der Waals surface area contributed by atoms with Gasteiger partial charge in [-0.15, -0.1) is 0 Å². The number of rotatable bonds is 8. The van der Waals surface area contributed by atoms with E-state index in [2.05, 4.69) is 15.9 Å². The molecule has 0 aliphatic rings. The molecule has 0 spiro atoms. The molecule has 0 aromatic heterocycles. The van der Waals surface area contributed by atoms with Crippen molar-refractivity contribution < 1.29 is 18.1 Å². The number of halogens is 2. The normalized spacial score (nSPS) is 12.9. The lowest BCUT2D eigenvalue weighted by Crippen LogP contribution is -2.19. The van der Waals surface area contributed by atoms with E-state index in [9.17, 15) is 18.5 Å². The quantitative estimate of drug-likeness (QED) is 0.377. The van der Waals surface area contributed by atoms with Crippen LogP contribution in [0.3, 0.4) is 0 Å². The summed E-state index contributed by atoms with van der Waals surface area (Å²) in [5.41, 5.74) is -0.0924.